The van der Waals surface area contributed by atoms with Crippen LogP contribution in [0.4, 0.5) is 0 Å². The number of aromatic nitrogens is 2. The minimum atomic E-state index is -0.141. The fourth-order valence-corrected chi connectivity index (χ4v) is 2.98. The molecular formula is C22H25N3O3. The predicted molar refractivity (Wildman–Crippen MR) is 110 cm³/mol. The fraction of sp³-hybridized carbons (Fsp3) is 0.318. The molecule has 0 aliphatic rings. The topological polar surface area (TPSA) is 75.3 Å². The van der Waals surface area contributed by atoms with Crippen LogP contribution in [0.2, 0.25) is 0 Å². The number of amides is 1. The van der Waals surface area contributed by atoms with Crippen molar-refractivity contribution in [1.29, 1.82) is 0 Å². The number of ether oxygens (including phenoxy) is 1. The van der Waals surface area contributed by atoms with Gasteiger partial charge in [0.25, 0.3) is 5.56 Å². The highest BCUT2D eigenvalue weighted by Crippen LogP contribution is 2.12. The van der Waals surface area contributed by atoms with E-state index in [0.29, 0.717) is 49.1 Å². The number of H-pyrrole nitrogens is 1. The highest BCUT2D eigenvalue weighted by Gasteiger charge is 2.10. The lowest BCUT2D eigenvalue weighted by atomic mass is 10.2. The Labute approximate surface area is 164 Å². The number of aryl methyl sites for hydroxylation is 2. The molecule has 1 amide bonds. The van der Waals surface area contributed by atoms with Crippen LogP contribution in [0.5, 0.6) is 5.75 Å². The Morgan fingerprint density at radius 2 is 2.00 bits per heavy atom. The van der Waals surface area contributed by atoms with Gasteiger partial charge in [-0.05, 0) is 43.2 Å². The van der Waals surface area contributed by atoms with Gasteiger partial charge in [0.2, 0.25) is 5.91 Å². The first-order chi connectivity index (χ1) is 13.5. The maximum atomic E-state index is 12.3. The van der Waals surface area contributed by atoms with Crippen LogP contribution in [0.1, 0.15) is 24.2 Å². The van der Waals surface area contributed by atoms with E-state index in [0.717, 1.165) is 11.3 Å². The highest BCUT2D eigenvalue weighted by molar-refractivity contribution is 5.77. The van der Waals surface area contributed by atoms with Gasteiger partial charge >= 0.3 is 0 Å². The van der Waals surface area contributed by atoms with E-state index in [1.54, 1.807) is 18.0 Å². The smallest absolute Gasteiger partial charge is 0.258 e. The summed E-state index contributed by atoms with van der Waals surface area (Å²) >= 11 is 0. The highest BCUT2D eigenvalue weighted by atomic mass is 16.5. The largest absolute Gasteiger partial charge is 0.492 e. The van der Waals surface area contributed by atoms with Crippen molar-refractivity contribution in [2.24, 2.45) is 0 Å². The first-order valence-electron chi connectivity index (χ1n) is 9.44. The van der Waals surface area contributed by atoms with Crippen molar-refractivity contribution in [3.8, 4) is 5.75 Å². The molecule has 28 heavy (non-hydrogen) atoms. The number of hydrogen-bond donors (Lipinski definition) is 1. The number of benzene rings is 2. The van der Waals surface area contributed by atoms with Gasteiger partial charge in [0, 0.05) is 19.9 Å². The Kier molecular flexibility index (Phi) is 6.42. The third-order valence-corrected chi connectivity index (χ3v) is 4.58. The Bertz CT molecular complexity index is 1010. The molecule has 0 saturated heterocycles. The molecule has 0 aliphatic heterocycles. The number of para-hydroxylation sites is 1. The van der Waals surface area contributed by atoms with Crippen LogP contribution < -0.4 is 10.3 Å². The van der Waals surface area contributed by atoms with Crippen molar-refractivity contribution in [1.82, 2.24) is 14.9 Å². The van der Waals surface area contributed by atoms with E-state index in [-0.39, 0.29) is 11.5 Å². The van der Waals surface area contributed by atoms with E-state index in [2.05, 4.69) is 9.97 Å². The van der Waals surface area contributed by atoms with Crippen molar-refractivity contribution >= 4 is 16.8 Å². The van der Waals surface area contributed by atoms with Gasteiger partial charge in [0.05, 0.1) is 17.4 Å². The molecule has 0 aliphatic carbocycles. The number of carbonyl (C=O) groups is 1. The van der Waals surface area contributed by atoms with Crippen molar-refractivity contribution in [3.63, 3.8) is 0 Å². The summed E-state index contributed by atoms with van der Waals surface area (Å²) in [5.74, 6) is 1.48. The quantitative estimate of drug-likeness (QED) is 0.653. The Morgan fingerprint density at radius 1 is 1.18 bits per heavy atom. The van der Waals surface area contributed by atoms with Crippen molar-refractivity contribution in [2.75, 3.05) is 20.2 Å². The molecule has 0 radical (unpaired) electrons. The number of likely N-dealkylation sites (N-methyl/N-ethyl adjacent to an activating group) is 1. The maximum absolute atomic E-state index is 12.3. The van der Waals surface area contributed by atoms with E-state index in [4.69, 9.17) is 4.74 Å². The normalized spacial score (nSPS) is 10.8. The van der Waals surface area contributed by atoms with Gasteiger partial charge in [-0.1, -0.05) is 24.3 Å². The van der Waals surface area contributed by atoms with E-state index >= 15 is 0 Å². The maximum Gasteiger partial charge on any atom is 0.258 e. The standard InChI is InChI=1S/C22H25N3O3/c1-16-7-5-8-17(15-16)28-14-13-25(2)21(26)12-6-11-20-23-19-10-4-3-9-18(19)22(27)24-20/h3-5,7-10,15H,6,11-14H2,1-2H3,(H,23,24,27). The molecule has 2 aromatic carbocycles. The lowest BCUT2D eigenvalue weighted by molar-refractivity contribution is -0.130. The van der Waals surface area contributed by atoms with Gasteiger partial charge in [-0.25, -0.2) is 4.98 Å². The summed E-state index contributed by atoms with van der Waals surface area (Å²) in [5, 5.41) is 0.579. The summed E-state index contributed by atoms with van der Waals surface area (Å²) < 4.78 is 5.69. The van der Waals surface area contributed by atoms with E-state index in [9.17, 15) is 9.59 Å². The molecule has 6 heteroatoms. The average Bonchev–Trinajstić information content (AvgIpc) is 2.68. The summed E-state index contributed by atoms with van der Waals surface area (Å²) in [6.45, 7) is 2.99. The predicted octanol–water partition coefficient (Wildman–Crippen LogP) is 3.09. The van der Waals surface area contributed by atoms with Crippen LogP contribution in [0, 0.1) is 6.92 Å². The molecule has 0 atom stereocenters. The monoisotopic (exact) mass is 379 g/mol. The zero-order valence-electron chi connectivity index (χ0n) is 16.3. The first-order valence-corrected chi connectivity index (χ1v) is 9.44. The summed E-state index contributed by atoms with van der Waals surface area (Å²) in [7, 11) is 1.78. The molecule has 0 saturated carbocycles. The Morgan fingerprint density at radius 3 is 2.82 bits per heavy atom. The SMILES string of the molecule is Cc1cccc(OCCN(C)C(=O)CCCc2nc3ccccc3c(=O)[nH]2)c1. The number of nitrogens with zero attached hydrogens (tertiary/aromatic N) is 2. The molecule has 0 fully saturated rings. The zero-order valence-corrected chi connectivity index (χ0v) is 16.3. The van der Waals surface area contributed by atoms with Crippen molar-refractivity contribution < 1.29 is 9.53 Å². The number of aromatic amines is 1. The lowest BCUT2D eigenvalue weighted by Crippen LogP contribution is -2.30. The second-order valence-electron chi connectivity index (χ2n) is 6.86. The number of nitrogens with one attached hydrogen (secondary N) is 1. The molecule has 3 aromatic rings. The van der Waals surface area contributed by atoms with Gasteiger partial charge in [-0.15, -0.1) is 0 Å². The third kappa shape index (κ3) is 5.19. The summed E-state index contributed by atoms with van der Waals surface area (Å²) in [6, 6.07) is 15.1. The van der Waals surface area contributed by atoms with E-state index in [1.165, 1.54) is 0 Å². The van der Waals surface area contributed by atoms with Gasteiger partial charge in [-0.3, -0.25) is 9.59 Å². The van der Waals surface area contributed by atoms with Crippen LogP contribution in [0.25, 0.3) is 10.9 Å². The minimum absolute atomic E-state index is 0.0518. The van der Waals surface area contributed by atoms with Crippen molar-refractivity contribution in [3.05, 3.63) is 70.3 Å². The lowest BCUT2D eigenvalue weighted by Gasteiger charge is -2.17. The molecule has 0 unspecified atom stereocenters. The van der Waals surface area contributed by atoms with Gasteiger partial charge in [-0.2, -0.15) is 0 Å². The number of rotatable bonds is 8. The van der Waals surface area contributed by atoms with Gasteiger partial charge in [0.1, 0.15) is 18.2 Å². The molecule has 1 N–H and O–H groups in total. The average molecular weight is 379 g/mol. The van der Waals surface area contributed by atoms with Crippen LogP contribution in [0.3, 0.4) is 0 Å². The summed E-state index contributed by atoms with van der Waals surface area (Å²) in [6.07, 6.45) is 1.58. The molecule has 0 bridgehead atoms. The van der Waals surface area contributed by atoms with E-state index in [1.807, 2.05) is 49.4 Å². The Balaban J connectivity index is 1.44. The molecule has 3 rings (SSSR count). The number of hydrogen-bond acceptors (Lipinski definition) is 4. The van der Waals surface area contributed by atoms with Gasteiger partial charge < -0.3 is 14.6 Å². The van der Waals surface area contributed by atoms with Gasteiger partial charge in [0.15, 0.2) is 0 Å². The summed E-state index contributed by atoms with van der Waals surface area (Å²) in [5.41, 5.74) is 1.68. The zero-order chi connectivity index (χ0) is 19.9. The third-order valence-electron chi connectivity index (χ3n) is 4.58. The first kappa shape index (κ1) is 19.6. The van der Waals surface area contributed by atoms with Crippen LogP contribution >= 0.6 is 0 Å². The molecule has 146 valence electrons. The number of fused-ring (bicyclic) bond motifs is 1. The summed E-state index contributed by atoms with van der Waals surface area (Å²) in [4.78, 5) is 33.3. The van der Waals surface area contributed by atoms with Crippen molar-refractivity contribution in [2.45, 2.75) is 26.2 Å². The van der Waals surface area contributed by atoms with Crippen LogP contribution in [0.15, 0.2) is 53.3 Å². The Hall–Kier alpha value is -3.15. The number of carbonyl (C=O) groups excluding carboxylic acids is 1. The molecule has 0 spiro atoms. The second kappa shape index (κ2) is 9.17. The molecule has 6 nitrogen and oxygen atoms in total. The van der Waals surface area contributed by atoms with Crippen LogP contribution in [-0.2, 0) is 11.2 Å². The fourth-order valence-electron chi connectivity index (χ4n) is 2.98. The molecule has 1 heterocycles. The van der Waals surface area contributed by atoms with Crippen LogP contribution in [-0.4, -0.2) is 41.0 Å². The minimum Gasteiger partial charge on any atom is -0.492 e. The molecular weight excluding hydrogens is 354 g/mol. The molecule has 1 aromatic heterocycles. The second-order valence-corrected chi connectivity index (χ2v) is 6.86. The van der Waals surface area contributed by atoms with E-state index < -0.39 is 0 Å².